The van der Waals surface area contributed by atoms with Crippen molar-refractivity contribution in [3.8, 4) is 17.2 Å². The molecule has 1 unspecified atom stereocenters. The highest BCUT2D eigenvalue weighted by Crippen LogP contribution is 2.38. The number of carbonyl (C=O) groups excluding carboxylic acids is 2. The monoisotopic (exact) mass is 489 g/mol. The predicted octanol–water partition coefficient (Wildman–Crippen LogP) is 4.99. The Morgan fingerprint density at radius 1 is 1.03 bits per heavy atom. The number of amides is 3. The number of fused-ring (bicyclic) bond motifs is 2. The van der Waals surface area contributed by atoms with Crippen LogP contribution in [0.1, 0.15) is 49.3 Å². The molecule has 3 amide bonds. The zero-order valence-electron chi connectivity index (χ0n) is 20.9. The molecule has 1 atom stereocenters. The Hall–Kier alpha value is -3.81. The summed E-state index contributed by atoms with van der Waals surface area (Å²) in [4.78, 5) is 31.6. The quantitative estimate of drug-likeness (QED) is 0.337. The summed E-state index contributed by atoms with van der Waals surface area (Å²) in [5.41, 5.74) is 2.69. The summed E-state index contributed by atoms with van der Waals surface area (Å²) in [6.07, 6.45) is 5.34. The van der Waals surface area contributed by atoms with Gasteiger partial charge >= 0.3 is 6.03 Å². The van der Waals surface area contributed by atoms with Crippen molar-refractivity contribution >= 4 is 22.8 Å². The average molecular weight is 490 g/mol. The van der Waals surface area contributed by atoms with E-state index in [1.165, 1.54) is 4.90 Å². The second-order valence-electron chi connectivity index (χ2n) is 9.58. The van der Waals surface area contributed by atoms with Crippen molar-refractivity contribution in [2.75, 3.05) is 19.9 Å². The van der Waals surface area contributed by atoms with Gasteiger partial charge in [-0.3, -0.25) is 14.7 Å². The van der Waals surface area contributed by atoms with Gasteiger partial charge < -0.3 is 19.5 Å². The summed E-state index contributed by atoms with van der Waals surface area (Å²) in [7, 11) is 0. The smallest absolute Gasteiger partial charge is 0.325 e. The minimum absolute atomic E-state index is 0.158. The second-order valence-corrected chi connectivity index (χ2v) is 9.58. The first-order valence-electron chi connectivity index (χ1n) is 12.4. The van der Waals surface area contributed by atoms with E-state index in [2.05, 4.69) is 23.3 Å². The zero-order chi connectivity index (χ0) is 25.3. The van der Waals surface area contributed by atoms with Crippen LogP contribution in [0.4, 0.5) is 4.79 Å². The second kappa shape index (κ2) is 9.68. The predicted molar refractivity (Wildman–Crippen MR) is 135 cm³/mol. The number of urea groups is 1. The number of aromatic nitrogens is 1. The molecule has 1 saturated heterocycles. The van der Waals surface area contributed by atoms with E-state index < -0.39 is 5.54 Å². The number of para-hydroxylation sites is 1. The number of ether oxygens (including phenoxy) is 3. The van der Waals surface area contributed by atoms with Gasteiger partial charge in [0.05, 0.1) is 12.1 Å². The minimum Gasteiger partial charge on any atom is -0.493 e. The number of nitrogens with zero attached hydrogens (tertiary/aromatic N) is 2. The Bertz CT molecular complexity index is 1320. The van der Waals surface area contributed by atoms with Crippen molar-refractivity contribution < 1.29 is 23.8 Å². The molecule has 36 heavy (non-hydrogen) atoms. The number of hydrogen-bond acceptors (Lipinski definition) is 6. The van der Waals surface area contributed by atoms with Crippen LogP contribution in [0, 0.1) is 13.8 Å². The van der Waals surface area contributed by atoms with Crippen molar-refractivity contribution in [2.24, 2.45) is 0 Å². The summed E-state index contributed by atoms with van der Waals surface area (Å²) < 4.78 is 16.9. The maximum atomic E-state index is 13.2. The number of benzene rings is 2. The van der Waals surface area contributed by atoms with Gasteiger partial charge in [0, 0.05) is 23.7 Å². The lowest BCUT2D eigenvalue weighted by Gasteiger charge is -2.22. The summed E-state index contributed by atoms with van der Waals surface area (Å²) >= 11 is 0. The summed E-state index contributed by atoms with van der Waals surface area (Å²) in [6.45, 7) is 6.95. The molecule has 188 valence electrons. The van der Waals surface area contributed by atoms with Crippen LogP contribution >= 0.6 is 0 Å². The molecular formula is C28H31N3O5. The lowest BCUT2D eigenvalue weighted by Crippen LogP contribution is -2.41. The van der Waals surface area contributed by atoms with Crippen LogP contribution in [0.3, 0.4) is 0 Å². The van der Waals surface area contributed by atoms with Crippen molar-refractivity contribution in [1.29, 1.82) is 0 Å². The Balaban J connectivity index is 1.10. The molecule has 8 nitrogen and oxygen atoms in total. The number of nitrogens with one attached hydrogen (secondary N) is 1. The Kier molecular flexibility index (Phi) is 6.43. The molecule has 1 N–H and O–H groups in total. The van der Waals surface area contributed by atoms with Gasteiger partial charge in [-0.25, -0.2) is 4.79 Å². The van der Waals surface area contributed by atoms with E-state index in [9.17, 15) is 9.59 Å². The van der Waals surface area contributed by atoms with E-state index in [0.29, 0.717) is 30.2 Å². The Morgan fingerprint density at radius 2 is 1.83 bits per heavy atom. The molecule has 0 saturated carbocycles. The first-order valence-corrected chi connectivity index (χ1v) is 12.4. The summed E-state index contributed by atoms with van der Waals surface area (Å²) in [5, 5.41) is 3.90. The molecule has 0 radical (unpaired) electrons. The Morgan fingerprint density at radius 3 is 2.69 bits per heavy atom. The van der Waals surface area contributed by atoms with Gasteiger partial charge in [0.25, 0.3) is 5.91 Å². The zero-order valence-corrected chi connectivity index (χ0v) is 20.9. The third kappa shape index (κ3) is 4.32. The number of carbonyl (C=O) groups is 2. The fourth-order valence-electron chi connectivity index (χ4n) is 4.84. The molecule has 1 fully saturated rings. The SMILES string of the molecule is Cc1cnc2c(C)cccc2c1OCCCCCCN1C(=O)NC(C)(c2ccc3c(c2)OCO3)C1=O. The first-order chi connectivity index (χ1) is 17.4. The number of pyridine rings is 1. The van der Waals surface area contributed by atoms with Crippen LogP contribution in [0.5, 0.6) is 17.2 Å². The van der Waals surface area contributed by atoms with Crippen molar-refractivity contribution in [3.05, 3.63) is 59.3 Å². The number of imide groups is 1. The molecule has 2 aliphatic heterocycles. The molecule has 3 heterocycles. The van der Waals surface area contributed by atoms with Crippen LogP contribution in [-0.2, 0) is 10.3 Å². The average Bonchev–Trinajstić information content (AvgIpc) is 3.42. The molecule has 8 heteroatoms. The molecule has 0 bridgehead atoms. The van der Waals surface area contributed by atoms with Crippen LogP contribution in [0.15, 0.2) is 42.6 Å². The van der Waals surface area contributed by atoms with E-state index >= 15 is 0 Å². The van der Waals surface area contributed by atoms with E-state index in [1.807, 2.05) is 25.3 Å². The topological polar surface area (TPSA) is 90.0 Å². The van der Waals surface area contributed by atoms with Crippen molar-refractivity contribution in [1.82, 2.24) is 15.2 Å². The Labute approximate surface area is 210 Å². The number of aryl methyl sites for hydroxylation is 2. The molecule has 5 rings (SSSR count). The van der Waals surface area contributed by atoms with Gasteiger partial charge in [-0.2, -0.15) is 0 Å². The fourth-order valence-corrected chi connectivity index (χ4v) is 4.84. The normalized spacial score (nSPS) is 18.7. The van der Waals surface area contributed by atoms with Gasteiger partial charge in [0.1, 0.15) is 11.3 Å². The minimum atomic E-state index is -1.12. The van der Waals surface area contributed by atoms with E-state index in [4.69, 9.17) is 14.2 Å². The maximum absolute atomic E-state index is 13.2. The van der Waals surface area contributed by atoms with Gasteiger partial charge in [-0.05, 0) is 62.9 Å². The van der Waals surface area contributed by atoms with E-state index in [0.717, 1.165) is 53.5 Å². The summed E-state index contributed by atoms with van der Waals surface area (Å²) in [6, 6.07) is 11.1. The number of hydrogen-bond donors (Lipinski definition) is 1. The third-order valence-corrected chi connectivity index (χ3v) is 6.98. The lowest BCUT2D eigenvalue weighted by molar-refractivity contribution is -0.131. The van der Waals surface area contributed by atoms with Crippen LogP contribution in [0.25, 0.3) is 10.9 Å². The largest absolute Gasteiger partial charge is 0.493 e. The van der Waals surface area contributed by atoms with Gasteiger partial charge in [0.2, 0.25) is 6.79 Å². The number of unbranched alkanes of at least 4 members (excludes halogenated alkanes) is 3. The highest BCUT2D eigenvalue weighted by molar-refractivity contribution is 6.07. The molecule has 0 spiro atoms. The third-order valence-electron chi connectivity index (χ3n) is 6.98. The molecule has 1 aromatic heterocycles. The van der Waals surface area contributed by atoms with Crippen molar-refractivity contribution in [2.45, 2.75) is 52.0 Å². The fraction of sp³-hybridized carbons (Fsp3) is 0.393. The molecule has 2 aromatic carbocycles. The van der Waals surface area contributed by atoms with Crippen LogP contribution in [-0.4, -0.2) is 41.8 Å². The first kappa shape index (κ1) is 23.9. The highest BCUT2D eigenvalue weighted by atomic mass is 16.7. The number of rotatable bonds is 9. The van der Waals surface area contributed by atoms with Gasteiger partial charge in [-0.15, -0.1) is 0 Å². The molecular weight excluding hydrogens is 458 g/mol. The molecule has 3 aromatic rings. The highest BCUT2D eigenvalue weighted by Gasteiger charge is 2.49. The molecule has 0 aliphatic carbocycles. The maximum Gasteiger partial charge on any atom is 0.325 e. The van der Waals surface area contributed by atoms with Crippen LogP contribution in [0.2, 0.25) is 0 Å². The lowest BCUT2D eigenvalue weighted by atomic mass is 9.91. The van der Waals surface area contributed by atoms with Gasteiger partial charge in [0.15, 0.2) is 11.5 Å². The van der Waals surface area contributed by atoms with Crippen LogP contribution < -0.4 is 19.5 Å². The van der Waals surface area contributed by atoms with Gasteiger partial charge in [-0.1, -0.05) is 31.0 Å². The van der Waals surface area contributed by atoms with E-state index in [1.54, 1.807) is 25.1 Å². The standard InChI is InChI=1S/C28H31N3O5/c1-18-9-8-10-21-24(18)29-16-19(2)25(21)34-14-7-5-4-6-13-31-26(32)28(3,30-27(31)33)20-11-12-22-23(15-20)36-17-35-22/h8-12,15-16H,4-7,13-14,17H2,1-3H3,(H,30,33). The van der Waals surface area contributed by atoms with Crippen molar-refractivity contribution in [3.63, 3.8) is 0 Å². The molecule has 2 aliphatic rings. The summed E-state index contributed by atoms with van der Waals surface area (Å²) in [5.74, 6) is 1.87. The van der Waals surface area contributed by atoms with E-state index in [-0.39, 0.29) is 18.7 Å².